The Balaban J connectivity index is 1.40. The summed E-state index contributed by atoms with van der Waals surface area (Å²) in [7, 11) is 0. The molecule has 0 saturated heterocycles. The molecule has 27 heavy (non-hydrogen) atoms. The number of rotatable bonds is 5. The maximum atomic E-state index is 13.0. The van der Waals surface area contributed by atoms with Gasteiger partial charge in [-0.15, -0.1) is 10.2 Å². The molecule has 0 unspecified atom stereocenters. The van der Waals surface area contributed by atoms with Gasteiger partial charge in [0.1, 0.15) is 10.8 Å². The number of nitrogens with zero attached hydrogens (tertiary/aromatic N) is 4. The summed E-state index contributed by atoms with van der Waals surface area (Å²) in [5.74, 6) is 1.29. The first kappa shape index (κ1) is 17.8. The van der Waals surface area contributed by atoms with E-state index in [4.69, 9.17) is 4.52 Å². The molecular weight excluding hydrogens is 431 g/mol. The number of hydrogen-bond donors (Lipinski definition) is 0. The Morgan fingerprint density at radius 2 is 1.63 bits per heavy atom. The van der Waals surface area contributed by atoms with E-state index in [-0.39, 0.29) is 5.82 Å². The second kappa shape index (κ2) is 7.98. The largest absolute Gasteiger partial charge is 0.338 e. The van der Waals surface area contributed by atoms with Crippen molar-refractivity contribution in [2.45, 2.75) is 10.8 Å². The van der Waals surface area contributed by atoms with Crippen molar-refractivity contribution in [2.24, 2.45) is 0 Å². The minimum atomic E-state index is -0.277. The van der Waals surface area contributed by atoms with Gasteiger partial charge in [0.25, 0.3) is 0 Å². The van der Waals surface area contributed by atoms with Crippen molar-refractivity contribution in [2.75, 3.05) is 0 Å². The van der Waals surface area contributed by atoms with Crippen molar-refractivity contribution >= 4 is 27.7 Å². The van der Waals surface area contributed by atoms with Crippen LogP contribution in [0.15, 0.2) is 74.7 Å². The minimum absolute atomic E-state index is 0.277. The highest BCUT2D eigenvalue weighted by Gasteiger charge is 2.10. The van der Waals surface area contributed by atoms with Gasteiger partial charge in [0.05, 0.1) is 11.4 Å². The number of aromatic nitrogens is 4. The van der Waals surface area contributed by atoms with Crippen LogP contribution in [0.1, 0.15) is 5.89 Å². The molecule has 0 radical (unpaired) electrons. The lowest BCUT2D eigenvalue weighted by molar-refractivity contribution is 0.391. The van der Waals surface area contributed by atoms with E-state index >= 15 is 0 Å². The second-order valence-electron chi connectivity index (χ2n) is 5.57. The number of halogens is 2. The van der Waals surface area contributed by atoms with Gasteiger partial charge in [-0.3, -0.25) is 0 Å². The van der Waals surface area contributed by atoms with Crippen molar-refractivity contribution in [3.05, 3.63) is 76.8 Å². The molecule has 2 aromatic carbocycles. The van der Waals surface area contributed by atoms with Crippen LogP contribution in [0, 0.1) is 5.82 Å². The van der Waals surface area contributed by atoms with Crippen LogP contribution in [0.3, 0.4) is 0 Å². The molecule has 0 spiro atoms. The number of hydrogen-bond acceptors (Lipinski definition) is 6. The van der Waals surface area contributed by atoms with Crippen LogP contribution < -0.4 is 0 Å². The van der Waals surface area contributed by atoms with Gasteiger partial charge in [-0.25, -0.2) is 4.39 Å². The van der Waals surface area contributed by atoms with Crippen LogP contribution >= 0.6 is 27.7 Å². The summed E-state index contributed by atoms with van der Waals surface area (Å²) in [6.45, 7) is 0. The monoisotopic (exact) mass is 442 g/mol. The fourth-order valence-electron chi connectivity index (χ4n) is 2.34. The van der Waals surface area contributed by atoms with E-state index in [2.05, 4.69) is 36.3 Å². The SMILES string of the molecule is Fc1ccc(-c2ccc(SCc3nc(-c4ccc(Br)cc4)no3)nn2)cc1. The van der Waals surface area contributed by atoms with Gasteiger partial charge in [0.15, 0.2) is 0 Å². The Labute approximate surface area is 167 Å². The Morgan fingerprint density at radius 3 is 2.33 bits per heavy atom. The normalized spacial score (nSPS) is 10.9. The molecule has 4 aromatic rings. The zero-order valence-electron chi connectivity index (χ0n) is 13.8. The van der Waals surface area contributed by atoms with Crippen molar-refractivity contribution in [3.8, 4) is 22.6 Å². The van der Waals surface area contributed by atoms with E-state index in [1.165, 1.54) is 23.9 Å². The minimum Gasteiger partial charge on any atom is -0.338 e. The molecule has 0 amide bonds. The standard InChI is InChI=1S/C19H12BrFN4OS/c20-14-5-1-13(2-6-14)19-22-17(26-25-19)11-27-18-10-9-16(23-24-18)12-3-7-15(21)8-4-12/h1-10H,11H2. The average molecular weight is 443 g/mol. The fraction of sp³-hybridized carbons (Fsp3) is 0.0526. The van der Waals surface area contributed by atoms with E-state index in [0.717, 1.165) is 20.6 Å². The first-order valence-electron chi connectivity index (χ1n) is 7.98. The third-order valence-electron chi connectivity index (χ3n) is 3.69. The molecule has 0 aliphatic carbocycles. The molecule has 8 heteroatoms. The summed E-state index contributed by atoms with van der Waals surface area (Å²) in [6.07, 6.45) is 0. The average Bonchev–Trinajstić information content (AvgIpc) is 3.17. The Bertz CT molecular complexity index is 1040. The molecule has 0 fully saturated rings. The van der Waals surface area contributed by atoms with Crippen LogP contribution in [0.2, 0.25) is 0 Å². The molecule has 134 valence electrons. The van der Waals surface area contributed by atoms with Gasteiger partial charge in [0, 0.05) is 15.6 Å². The van der Waals surface area contributed by atoms with Gasteiger partial charge in [-0.05, 0) is 60.7 Å². The molecular formula is C19H12BrFN4OS. The van der Waals surface area contributed by atoms with Crippen molar-refractivity contribution < 1.29 is 8.91 Å². The van der Waals surface area contributed by atoms with Gasteiger partial charge < -0.3 is 4.52 Å². The Hall–Kier alpha value is -2.58. The quantitative estimate of drug-likeness (QED) is 0.386. The fourth-order valence-corrected chi connectivity index (χ4v) is 3.25. The van der Waals surface area contributed by atoms with Crippen molar-refractivity contribution in [3.63, 3.8) is 0 Å². The molecule has 0 N–H and O–H groups in total. The van der Waals surface area contributed by atoms with E-state index < -0.39 is 0 Å². The highest BCUT2D eigenvalue weighted by Crippen LogP contribution is 2.24. The molecule has 2 heterocycles. The lowest BCUT2D eigenvalue weighted by atomic mass is 10.1. The van der Waals surface area contributed by atoms with Crippen molar-refractivity contribution in [1.82, 2.24) is 20.3 Å². The van der Waals surface area contributed by atoms with Gasteiger partial charge in [-0.2, -0.15) is 4.98 Å². The molecule has 0 aliphatic rings. The third kappa shape index (κ3) is 4.40. The van der Waals surface area contributed by atoms with Gasteiger partial charge >= 0.3 is 0 Å². The third-order valence-corrected chi connectivity index (χ3v) is 5.13. The highest BCUT2D eigenvalue weighted by atomic mass is 79.9. The highest BCUT2D eigenvalue weighted by molar-refractivity contribution is 9.10. The van der Waals surface area contributed by atoms with Crippen LogP contribution in [0.4, 0.5) is 4.39 Å². The summed E-state index contributed by atoms with van der Waals surface area (Å²) in [5, 5.41) is 13.1. The lowest BCUT2D eigenvalue weighted by Gasteiger charge is -2.01. The summed E-state index contributed by atoms with van der Waals surface area (Å²) in [5.41, 5.74) is 2.40. The zero-order valence-corrected chi connectivity index (χ0v) is 16.2. The maximum absolute atomic E-state index is 13.0. The van der Waals surface area contributed by atoms with E-state index in [9.17, 15) is 4.39 Å². The van der Waals surface area contributed by atoms with Crippen LogP contribution in [-0.4, -0.2) is 20.3 Å². The second-order valence-corrected chi connectivity index (χ2v) is 7.48. The predicted molar refractivity (Wildman–Crippen MR) is 104 cm³/mol. The van der Waals surface area contributed by atoms with E-state index in [1.54, 1.807) is 12.1 Å². The van der Waals surface area contributed by atoms with Gasteiger partial charge in [0.2, 0.25) is 11.7 Å². The molecule has 2 aromatic heterocycles. The number of benzene rings is 2. The summed E-state index contributed by atoms with van der Waals surface area (Å²) in [4.78, 5) is 4.40. The molecule has 0 atom stereocenters. The van der Waals surface area contributed by atoms with Crippen LogP contribution in [-0.2, 0) is 5.75 Å². The molecule has 4 rings (SSSR count). The van der Waals surface area contributed by atoms with Crippen LogP contribution in [0.25, 0.3) is 22.6 Å². The Kier molecular flexibility index (Phi) is 5.26. The molecule has 0 bridgehead atoms. The summed E-state index contributed by atoms with van der Waals surface area (Å²) in [6, 6.07) is 17.6. The first-order valence-corrected chi connectivity index (χ1v) is 9.76. The number of thioether (sulfide) groups is 1. The summed E-state index contributed by atoms with van der Waals surface area (Å²) >= 11 is 4.85. The molecule has 0 aliphatic heterocycles. The topological polar surface area (TPSA) is 64.7 Å². The predicted octanol–water partition coefficient (Wildman–Crippen LogP) is 5.39. The maximum Gasteiger partial charge on any atom is 0.237 e. The van der Waals surface area contributed by atoms with E-state index in [0.29, 0.717) is 23.2 Å². The zero-order chi connectivity index (χ0) is 18.6. The molecule has 5 nitrogen and oxygen atoms in total. The van der Waals surface area contributed by atoms with Gasteiger partial charge in [-0.1, -0.05) is 32.8 Å². The smallest absolute Gasteiger partial charge is 0.237 e. The first-order chi connectivity index (χ1) is 13.2. The lowest BCUT2D eigenvalue weighted by Crippen LogP contribution is -1.90. The van der Waals surface area contributed by atoms with E-state index in [1.807, 2.05) is 36.4 Å². The summed E-state index contributed by atoms with van der Waals surface area (Å²) < 4.78 is 19.3. The Morgan fingerprint density at radius 1 is 0.889 bits per heavy atom. The van der Waals surface area contributed by atoms with Crippen molar-refractivity contribution in [1.29, 1.82) is 0 Å². The molecule has 0 saturated carbocycles. The van der Waals surface area contributed by atoms with Crippen LogP contribution in [0.5, 0.6) is 0 Å².